The molecule has 3 rings (SSSR count). The van der Waals surface area contributed by atoms with Crippen LogP contribution in [0.2, 0.25) is 5.28 Å². The molecule has 0 bridgehead atoms. The van der Waals surface area contributed by atoms with Crippen molar-refractivity contribution in [2.45, 2.75) is 26.3 Å². The summed E-state index contributed by atoms with van der Waals surface area (Å²) in [5, 5.41) is 6.99. The first-order valence-corrected chi connectivity index (χ1v) is 6.78. The highest BCUT2D eigenvalue weighted by Gasteiger charge is 2.17. The van der Waals surface area contributed by atoms with Crippen LogP contribution in [0.15, 0.2) is 4.52 Å². The summed E-state index contributed by atoms with van der Waals surface area (Å²) in [5.41, 5.74) is 0. The molecule has 1 aliphatic heterocycles. The van der Waals surface area contributed by atoms with Gasteiger partial charge in [0.2, 0.25) is 23.1 Å². The van der Waals surface area contributed by atoms with Crippen LogP contribution in [0.1, 0.15) is 24.6 Å². The Labute approximate surface area is 120 Å². The second-order valence-corrected chi connectivity index (χ2v) is 4.84. The minimum absolute atomic E-state index is 0.175. The van der Waals surface area contributed by atoms with E-state index in [1.807, 2.05) is 0 Å². The van der Waals surface area contributed by atoms with Gasteiger partial charge in [0.15, 0.2) is 5.82 Å². The molecule has 1 fully saturated rings. The van der Waals surface area contributed by atoms with Gasteiger partial charge in [-0.05, 0) is 24.4 Å². The maximum Gasteiger partial charge on any atom is 0.231 e. The molecule has 0 saturated carbocycles. The van der Waals surface area contributed by atoms with E-state index in [4.69, 9.17) is 16.1 Å². The molecule has 0 amide bonds. The number of aromatic nitrogens is 5. The maximum atomic E-state index is 5.94. The highest BCUT2D eigenvalue weighted by Crippen LogP contribution is 2.18. The molecular formula is C11H14ClN7O. The average molecular weight is 296 g/mol. The zero-order chi connectivity index (χ0) is 13.9. The van der Waals surface area contributed by atoms with Crippen molar-refractivity contribution in [1.82, 2.24) is 25.1 Å². The highest BCUT2D eigenvalue weighted by atomic mass is 35.5. The van der Waals surface area contributed by atoms with E-state index in [1.165, 1.54) is 0 Å². The normalized spacial score (nSPS) is 14.8. The third kappa shape index (κ3) is 2.96. The van der Waals surface area contributed by atoms with Crippen LogP contribution in [0.3, 0.4) is 0 Å². The molecule has 0 aromatic carbocycles. The number of halogens is 1. The first kappa shape index (κ1) is 13.0. The summed E-state index contributed by atoms with van der Waals surface area (Å²) in [6.45, 7) is 4.01. The van der Waals surface area contributed by atoms with E-state index in [-0.39, 0.29) is 5.28 Å². The van der Waals surface area contributed by atoms with Crippen LogP contribution in [0, 0.1) is 6.92 Å². The maximum absolute atomic E-state index is 5.94. The van der Waals surface area contributed by atoms with Crippen LogP contribution < -0.4 is 10.2 Å². The van der Waals surface area contributed by atoms with Crippen LogP contribution in [0.25, 0.3) is 0 Å². The first-order valence-electron chi connectivity index (χ1n) is 6.40. The monoisotopic (exact) mass is 295 g/mol. The van der Waals surface area contributed by atoms with E-state index >= 15 is 0 Å². The lowest BCUT2D eigenvalue weighted by Crippen LogP contribution is -2.21. The van der Waals surface area contributed by atoms with Crippen LogP contribution in [-0.2, 0) is 6.54 Å². The van der Waals surface area contributed by atoms with Crippen molar-refractivity contribution in [3.05, 3.63) is 17.0 Å². The van der Waals surface area contributed by atoms with Gasteiger partial charge in [-0.3, -0.25) is 0 Å². The van der Waals surface area contributed by atoms with Gasteiger partial charge in [0.05, 0.1) is 6.54 Å². The fraction of sp³-hybridized carbons (Fsp3) is 0.545. The van der Waals surface area contributed by atoms with E-state index < -0.39 is 0 Å². The molecule has 0 aliphatic carbocycles. The molecule has 8 nitrogen and oxygen atoms in total. The highest BCUT2D eigenvalue weighted by molar-refractivity contribution is 6.28. The van der Waals surface area contributed by atoms with Crippen molar-refractivity contribution in [3.63, 3.8) is 0 Å². The smallest absolute Gasteiger partial charge is 0.231 e. The SMILES string of the molecule is Cc1nc(CNc2nc(Cl)nc(N3CCCC3)n2)no1. The molecule has 1 aliphatic rings. The predicted molar refractivity (Wildman–Crippen MR) is 72.6 cm³/mol. The van der Waals surface area contributed by atoms with E-state index in [2.05, 4.69) is 35.3 Å². The van der Waals surface area contributed by atoms with E-state index in [0.29, 0.717) is 30.2 Å². The Morgan fingerprint density at radius 2 is 2.00 bits per heavy atom. The van der Waals surface area contributed by atoms with Crippen molar-refractivity contribution in [2.24, 2.45) is 0 Å². The summed E-state index contributed by atoms with van der Waals surface area (Å²) in [4.78, 5) is 18.7. The van der Waals surface area contributed by atoms with Gasteiger partial charge < -0.3 is 14.7 Å². The molecule has 1 saturated heterocycles. The quantitative estimate of drug-likeness (QED) is 0.905. The van der Waals surface area contributed by atoms with E-state index in [1.54, 1.807) is 6.92 Å². The van der Waals surface area contributed by atoms with Gasteiger partial charge in [-0.2, -0.15) is 19.9 Å². The average Bonchev–Trinajstić information content (AvgIpc) is 3.07. The van der Waals surface area contributed by atoms with Crippen molar-refractivity contribution in [1.29, 1.82) is 0 Å². The lowest BCUT2D eigenvalue weighted by atomic mass is 10.4. The fourth-order valence-electron chi connectivity index (χ4n) is 2.05. The molecule has 0 atom stereocenters. The van der Waals surface area contributed by atoms with Crippen molar-refractivity contribution in [2.75, 3.05) is 23.3 Å². The minimum atomic E-state index is 0.175. The zero-order valence-electron chi connectivity index (χ0n) is 11.0. The van der Waals surface area contributed by atoms with Gasteiger partial charge in [0.25, 0.3) is 0 Å². The van der Waals surface area contributed by atoms with E-state index in [0.717, 1.165) is 25.9 Å². The van der Waals surface area contributed by atoms with Gasteiger partial charge >= 0.3 is 0 Å². The van der Waals surface area contributed by atoms with Crippen LogP contribution >= 0.6 is 11.6 Å². The third-order valence-electron chi connectivity index (χ3n) is 2.96. The molecule has 9 heteroatoms. The number of nitrogens with zero attached hydrogens (tertiary/aromatic N) is 6. The molecule has 1 N–H and O–H groups in total. The number of hydrogen-bond donors (Lipinski definition) is 1. The number of aryl methyl sites for hydroxylation is 1. The Kier molecular flexibility index (Phi) is 3.64. The molecule has 0 radical (unpaired) electrons. The van der Waals surface area contributed by atoms with Gasteiger partial charge in [0, 0.05) is 20.0 Å². The van der Waals surface area contributed by atoms with Gasteiger partial charge in [0.1, 0.15) is 0 Å². The van der Waals surface area contributed by atoms with Crippen LogP contribution in [-0.4, -0.2) is 38.2 Å². The Bertz CT molecular complexity index is 596. The van der Waals surface area contributed by atoms with Crippen molar-refractivity contribution in [3.8, 4) is 0 Å². The lowest BCUT2D eigenvalue weighted by molar-refractivity contribution is 0.388. The van der Waals surface area contributed by atoms with Crippen molar-refractivity contribution < 1.29 is 4.52 Å². The Morgan fingerprint density at radius 3 is 2.70 bits per heavy atom. The van der Waals surface area contributed by atoms with E-state index in [9.17, 15) is 0 Å². The Balaban J connectivity index is 1.72. The molecule has 0 unspecified atom stereocenters. The molecule has 106 valence electrons. The number of nitrogens with one attached hydrogen (secondary N) is 1. The summed E-state index contributed by atoms with van der Waals surface area (Å²) in [6, 6.07) is 0. The molecular weight excluding hydrogens is 282 g/mol. The van der Waals surface area contributed by atoms with Gasteiger partial charge in [-0.1, -0.05) is 5.16 Å². The topological polar surface area (TPSA) is 92.9 Å². The molecule has 0 spiro atoms. The molecule has 3 heterocycles. The first-order chi connectivity index (χ1) is 9.70. The lowest BCUT2D eigenvalue weighted by Gasteiger charge is -2.15. The number of hydrogen-bond acceptors (Lipinski definition) is 8. The standard InChI is InChI=1S/C11H14ClN7O/c1-7-14-8(18-20-7)6-13-10-15-9(12)16-11(17-10)19-4-2-3-5-19/h2-6H2,1H3,(H,13,15,16,17). The minimum Gasteiger partial charge on any atom is -0.347 e. The Morgan fingerprint density at radius 1 is 1.20 bits per heavy atom. The summed E-state index contributed by atoms with van der Waals surface area (Å²) in [7, 11) is 0. The van der Waals surface area contributed by atoms with Crippen LogP contribution in [0.4, 0.5) is 11.9 Å². The number of anilines is 2. The summed E-state index contributed by atoms with van der Waals surface area (Å²) >= 11 is 5.94. The zero-order valence-corrected chi connectivity index (χ0v) is 11.8. The summed E-state index contributed by atoms with van der Waals surface area (Å²) in [6.07, 6.45) is 2.29. The molecule has 2 aromatic rings. The predicted octanol–water partition coefficient (Wildman–Crippen LogP) is 1.43. The summed E-state index contributed by atoms with van der Waals surface area (Å²) < 4.78 is 4.89. The van der Waals surface area contributed by atoms with Gasteiger partial charge in [-0.25, -0.2) is 0 Å². The number of rotatable bonds is 4. The van der Waals surface area contributed by atoms with Crippen LogP contribution in [0.5, 0.6) is 0 Å². The largest absolute Gasteiger partial charge is 0.347 e. The third-order valence-corrected chi connectivity index (χ3v) is 3.13. The fourth-order valence-corrected chi connectivity index (χ4v) is 2.20. The summed E-state index contributed by atoms with van der Waals surface area (Å²) in [5.74, 6) is 2.08. The Hall–Kier alpha value is -1.96. The molecule has 20 heavy (non-hydrogen) atoms. The second-order valence-electron chi connectivity index (χ2n) is 4.51. The second kappa shape index (κ2) is 5.58. The molecule has 2 aromatic heterocycles. The van der Waals surface area contributed by atoms with Gasteiger partial charge in [-0.15, -0.1) is 0 Å². The van der Waals surface area contributed by atoms with Crippen molar-refractivity contribution >= 4 is 23.5 Å².